The summed E-state index contributed by atoms with van der Waals surface area (Å²) < 4.78 is 5.31. The molecule has 3 N–H and O–H groups in total. The number of aromatic amines is 1. The van der Waals surface area contributed by atoms with E-state index >= 15 is 0 Å². The van der Waals surface area contributed by atoms with Crippen molar-refractivity contribution in [1.82, 2.24) is 14.9 Å². The van der Waals surface area contributed by atoms with Crippen LogP contribution in [0.15, 0.2) is 45.8 Å². The SMILES string of the molecule is O=c1[nH]c(-c2ccco2)nc2c1CCN(Cc1ccc(O)c(O)c1)C2. The molecule has 3 heterocycles. The second-order valence-corrected chi connectivity index (χ2v) is 6.10. The van der Waals surface area contributed by atoms with E-state index in [0.29, 0.717) is 36.7 Å². The summed E-state index contributed by atoms with van der Waals surface area (Å²) in [5.41, 5.74) is 2.21. The zero-order chi connectivity index (χ0) is 17.4. The zero-order valence-electron chi connectivity index (χ0n) is 13.4. The van der Waals surface area contributed by atoms with E-state index in [4.69, 9.17) is 4.42 Å². The lowest BCUT2D eigenvalue weighted by Crippen LogP contribution is -2.35. The van der Waals surface area contributed by atoms with E-state index < -0.39 is 0 Å². The van der Waals surface area contributed by atoms with Gasteiger partial charge in [-0.3, -0.25) is 9.69 Å². The molecule has 0 aliphatic carbocycles. The van der Waals surface area contributed by atoms with Crippen LogP contribution in [-0.4, -0.2) is 31.6 Å². The molecule has 0 saturated carbocycles. The van der Waals surface area contributed by atoms with Gasteiger partial charge in [-0.15, -0.1) is 0 Å². The molecule has 128 valence electrons. The van der Waals surface area contributed by atoms with Crippen LogP contribution in [0.4, 0.5) is 0 Å². The molecule has 2 aromatic heterocycles. The highest BCUT2D eigenvalue weighted by Crippen LogP contribution is 2.26. The number of furan rings is 1. The average Bonchev–Trinajstić information content (AvgIpc) is 3.12. The molecule has 0 radical (unpaired) electrons. The van der Waals surface area contributed by atoms with E-state index in [1.165, 1.54) is 6.07 Å². The highest BCUT2D eigenvalue weighted by molar-refractivity contribution is 5.47. The van der Waals surface area contributed by atoms with Gasteiger partial charge in [-0.25, -0.2) is 4.98 Å². The Balaban J connectivity index is 1.59. The number of aromatic nitrogens is 2. The van der Waals surface area contributed by atoms with Gasteiger partial charge in [0.15, 0.2) is 23.1 Å². The van der Waals surface area contributed by atoms with Gasteiger partial charge in [0.1, 0.15) is 0 Å². The molecule has 7 nitrogen and oxygen atoms in total. The summed E-state index contributed by atoms with van der Waals surface area (Å²) >= 11 is 0. The first-order chi connectivity index (χ1) is 12.1. The van der Waals surface area contributed by atoms with Gasteiger partial charge in [0.05, 0.1) is 12.0 Å². The van der Waals surface area contributed by atoms with Crippen LogP contribution in [0.1, 0.15) is 16.8 Å². The molecule has 0 spiro atoms. The van der Waals surface area contributed by atoms with Crippen molar-refractivity contribution in [3.63, 3.8) is 0 Å². The Bertz CT molecular complexity index is 963. The maximum absolute atomic E-state index is 12.3. The molecular formula is C18H17N3O4. The number of phenolic OH excluding ortho intramolecular Hbond substituents is 2. The molecule has 3 aromatic rings. The van der Waals surface area contributed by atoms with Gasteiger partial charge in [0.2, 0.25) is 0 Å². The van der Waals surface area contributed by atoms with Crippen LogP contribution < -0.4 is 5.56 Å². The van der Waals surface area contributed by atoms with E-state index in [9.17, 15) is 15.0 Å². The standard InChI is InChI=1S/C18H17N3O4/c22-14-4-3-11(8-15(14)23)9-21-6-5-12-13(10-21)19-17(20-18(12)24)16-2-1-7-25-16/h1-4,7-8,22-23H,5-6,9-10H2,(H,19,20,24). The second-order valence-electron chi connectivity index (χ2n) is 6.10. The molecule has 4 rings (SSSR count). The number of rotatable bonds is 3. The zero-order valence-corrected chi connectivity index (χ0v) is 13.4. The molecule has 1 aromatic carbocycles. The summed E-state index contributed by atoms with van der Waals surface area (Å²) in [6.07, 6.45) is 2.15. The third kappa shape index (κ3) is 3.01. The van der Waals surface area contributed by atoms with E-state index in [2.05, 4.69) is 14.9 Å². The first-order valence-electron chi connectivity index (χ1n) is 7.99. The Labute approximate surface area is 143 Å². The highest BCUT2D eigenvalue weighted by atomic mass is 16.3. The van der Waals surface area contributed by atoms with E-state index in [1.54, 1.807) is 30.5 Å². The number of hydrogen-bond donors (Lipinski definition) is 3. The Morgan fingerprint density at radius 2 is 2.12 bits per heavy atom. The summed E-state index contributed by atoms with van der Waals surface area (Å²) in [5, 5.41) is 19.0. The number of nitrogens with one attached hydrogen (secondary N) is 1. The monoisotopic (exact) mass is 339 g/mol. The van der Waals surface area contributed by atoms with Gasteiger partial charge < -0.3 is 19.6 Å². The molecule has 0 unspecified atom stereocenters. The molecule has 1 aliphatic rings. The van der Waals surface area contributed by atoms with E-state index in [-0.39, 0.29) is 17.1 Å². The Morgan fingerprint density at radius 1 is 1.24 bits per heavy atom. The third-order valence-corrected chi connectivity index (χ3v) is 4.35. The maximum Gasteiger partial charge on any atom is 0.254 e. The fourth-order valence-electron chi connectivity index (χ4n) is 3.08. The summed E-state index contributed by atoms with van der Waals surface area (Å²) in [5.74, 6) is 0.687. The lowest BCUT2D eigenvalue weighted by molar-refractivity contribution is 0.240. The van der Waals surface area contributed by atoms with E-state index in [1.807, 2.05) is 0 Å². The van der Waals surface area contributed by atoms with Crippen molar-refractivity contribution in [2.75, 3.05) is 6.54 Å². The van der Waals surface area contributed by atoms with Crippen molar-refractivity contribution < 1.29 is 14.6 Å². The first-order valence-corrected chi connectivity index (χ1v) is 7.99. The van der Waals surface area contributed by atoms with Crippen LogP contribution in [-0.2, 0) is 19.5 Å². The number of hydrogen-bond acceptors (Lipinski definition) is 6. The van der Waals surface area contributed by atoms with Crippen LogP contribution in [0.2, 0.25) is 0 Å². The van der Waals surface area contributed by atoms with Crippen LogP contribution in [0.25, 0.3) is 11.6 Å². The molecule has 0 fully saturated rings. The summed E-state index contributed by atoms with van der Waals surface area (Å²) in [7, 11) is 0. The summed E-state index contributed by atoms with van der Waals surface area (Å²) in [6, 6.07) is 8.29. The van der Waals surface area contributed by atoms with Gasteiger partial charge in [-0.2, -0.15) is 0 Å². The van der Waals surface area contributed by atoms with Crippen molar-refractivity contribution in [2.24, 2.45) is 0 Å². The van der Waals surface area contributed by atoms with Crippen molar-refractivity contribution in [3.8, 4) is 23.1 Å². The van der Waals surface area contributed by atoms with Crippen LogP contribution in [0.5, 0.6) is 11.5 Å². The number of H-pyrrole nitrogens is 1. The molecule has 1 aliphatic heterocycles. The van der Waals surface area contributed by atoms with Crippen molar-refractivity contribution in [3.05, 3.63) is 63.8 Å². The van der Waals surface area contributed by atoms with Gasteiger partial charge in [-0.1, -0.05) is 6.07 Å². The van der Waals surface area contributed by atoms with Crippen LogP contribution >= 0.6 is 0 Å². The Kier molecular flexibility index (Phi) is 3.77. The predicted octanol–water partition coefficient (Wildman–Crippen LogP) is 2.00. The Morgan fingerprint density at radius 3 is 2.88 bits per heavy atom. The highest BCUT2D eigenvalue weighted by Gasteiger charge is 2.22. The molecule has 0 amide bonds. The normalized spacial score (nSPS) is 14.4. The van der Waals surface area contributed by atoms with Gasteiger partial charge in [-0.05, 0) is 36.2 Å². The largest absolute Gasteiger partial charge is 0.504 e. The molecule has 25 heavy (non-hydrogen) atoms. The van der Waals surface area contributed by atoms with Gasteiger partial charge in [0, 0.05) is 25.2 Å². The summed E-state index contributed by atoms with van der Waals surface area (Å²) in [4.78, 5) is 21.8. The van der Waals surface area contributed by atoms with E-state index in [0.717, 1.165) is 17.8 Å². The van der Waals surface area contributed by atoms with Crippen molar-refractivity contribution >= 4 is 0 Å². The fourth-order valence-corrected chi connectivity index (χ4v) is 3.08. The average molecular weight is 339 g/mol. The molecule has 0 bridgehead atoms. The minimum atomic E-state index is -0.135. The maximum atomic E-state index is 12.3. The molecule has 0 saturated heterocycles. The van der Waals surface area contributed by atoms with Crippen molar-refractivity contribution in [2.45, 2.75) is 19.5 Å². The smallest absolute Gasteiger partial charge is 0.254 e. The van der Waals surface area contributed by atoms with Crippen molar-refractivity contribution in [1.29, 1.82) is 0 Å². The third-order valence-electron chi connectivity index (χ3n) is 4.35. The second kappa shape index (κ2) is 6.10. The quantitative estimate of drug-likeness (QED) is 0.631. The topological polar surface area (TPSA) is 103 Å². The van der Waals surface area contributed by atoms with Gasteiger partial charge >= 0.3 is 0 Å². The molecular weight excluding hydrogens is 322 g/mol. The molecule has 7 heteroatoms. The number of phenols is 2. The lowest BCUT2D eigenvalue weighted by Gasteiger charge is -2.27. The summed E-state index contributed by atoms with van der Waals surface area (Å²) in [6.45, 7) is 1.85. The minimum absolute atomic E-state index is 0.127. The molecule has 0 atom stereocenters. The number of nitrogens with zero attached hydrogens (tertiary/aromatic N) is 2. The Hall–Kier alpha value is -3.06. The number of benzene rings is 1. The fraction of sp³-hybridized carbons (Fsp3) is 0.222. The van der Waals surface area contributed by atoms with Crippen LogP contribution in [0, 0.1) is 0 Å². The van der Waals surface area contributed by atoms with Crippen LogP contribution in [0.3, 0.4) is 0 Å². The number of aromatic hydroxyl groups is 2. The van der Waals surface area contributed by atoms with Gasteiger partial charge in [0.25, 0.3) is 5.56 Å². The lowest BCUT2D eigenvalue weighted by atomic mass is 10.1. The minimum Gasteiger partial charge on any atom is -0.504 e. The number of fused-ring (bicyclic) bond motifs is 1. The predicted molar refractivity (Wildman–Crippen MR) is 90.1 cm³/mol. The first kappa shape index (κ1) is 15.5.